The van der Waals surface area contributed by atoms with Crippen LogP contribution in [-0.2, 0) is 0 Å². The second-order valence-corrected chi connectivity index (χ2v) is 43.9. The normalized spacial score (nSPS) is 18.7. The molecule has 0 saturated heterocycles. The Bertz CT molecular complexity index is 5810. The predicted molar refractivity (Wildman–Crippen MR) is 612 cm³/mol. The maximum Gasteiger partial charge on any atom is 0.116 e. The molecule has 5 heterocycles. The van der Waals surface area contributed by atoms with Crippen molar-refractivity contribution in [2.75, 3.05) is 49.0 Å². The topological polar surface area (TPSA) is 32.4 Å². The summed E-state index contributed by atoms with van der Waals surface area (Å²) in [5.74, 6) is 1.32. The summed E-state index contributed by atoms with van der Waals surface area (Å²) in [7, 11) is 0. The minimum atomic E-state index is 0. The average Bonchev–Trinajstić information content (AvgIpc) is 1.57. The van der Waals surface area contributed by atoms with Gasteiger partial charge in [-0.2, -0.15) is 0 Å². The number of hydrogen-bond donors (Lipinski definition) is 0. The molecule has 11 aromatic rings. The number of aryl methyl sites for hydroxylation is 5. The summed E-state index contributed by atoms with van der Waals surface area (Å²) >= 11 is 0. The Hall–Kier alpha value is -11.9. The van der Waals surface area contributed by atoms with E-state index in [1.54, 1.807) is 11.4 Å². The summed E-state index contributed by atoms with van der Waals surface area (Å²) < 4.78 is 0. The van der Waals surface area contributed by atoms with Gasteiger partial charge in [0.2, 0.25) is 0 Å². The first-order valence-electron chi connectivity index (χ1n) is 49.8. The molecule has 0 spiro atoms. The minimum absolute atomic E-state index is 0. The van der Waals surface area contributed by atoms with E-state index >= 15 is 0 Å². The summed E-state index contributed by atoms with van der Waals surface area (Å²) in [6.45, 7) is 62.2. The lowest BCUT2D eigenvalue weighted by Gasteiger charge is -2.44. The summed E-state index contributed by atoms with van der Waals surface area (Å²) in [6.07, 6.45) is 13.3. The molecule has 2 fully saturated rings. The van der Waals surface area contributed by atoms with Gasteiger partial charge in [-0.1, -0.05) is 385 Å². The number of hydrogen-bond acceptors (Lipinski definition) is 10. The van der Waals surface area contributed by atoms with Crippen LogP contribution in [0.1, 0.15) is 281 Å². The predicted octanol–water partition coefficient (Wildman–Crippen LogP) is 36.8. The molecule has 10 nitrogen and oxygen atoms in total. The van der Waals surface area contributed by atoms with Gasteiger partial charge in [0.15, 0.2) is 0 Å². The molecule has 2 aliphatic carbocycles. The van der Waals surface area contributed by atoms with Crippen molar-refractivity contribution in [3.8, 4) is 0 Å². The highest BCUT2D eigenvalue weighted by molar-refractivity contribution is 5.90. The van der Waals surface area contributed by atoms with Crippen molar-refractivity contribution in [1.29, 1.82) is 0 Å². The van der Waals surface area contributed by atoms with Crippen molar-refractivity contribution in [3.05, 3.63) is 388 Å². The molecule has 0 amide bonds. The molecule has 2 saturated carbocycles. The molecule has 18 rings (SSSR count). The van der Waals surface area contributed by atoms with Crippen LogP contribution in [0, 0.1) is 73.5 Å². The quantitative estimate of drug-likeness (QED) is 0.111. The molecular weight excluding hydrogens is 1690 g/mol. The van der Waals surface area contributed by atoms with E-state index in [4.69, 9.17) is 0 Å². The van der Waals surface area contributed by atoms with E-state index in [9.17, 15) is 0 Å². The molecule has 0 N–H and O–H groups in total. The lowest BCUT2D eigenvalue weighted by molar-refractivity contribution is 0.313. The third-order valence-corrected chi connectivity index (χ3v) is 28.6. The fraction of sp³-hybridized carbons (Fsp3) is 0.411. The van der Waals surface area contributed by atoms with Gasteiger partial charge in [-0.3, -0.25) is 0 Å². The molecule has 5 aliphatic heterocycles. The number of rotatable bonds is 13. The first kappa shape index (κ1) is 111. The van der Waals surface area contributed by atoms with Gasteiger partial charge in [0, 0.05) is 147 Å². The molecule has 139 heavy (non-hydrogen) atoms. The van der Waals surface area contributed by atoms with Crippen LogP contribution in [0.2, 0.25) is 0 Å². The van der Waals surface area contributed by atoms with Crippen LogP contribution >= 0.6 is 0 Å². The second-order valence-electron chi connectivity index (χ2n) is 43.9. The van der Waals surface area contributed by atoms with E-state index < -0.39 is 0 Å². The fourth-order valence-electron chi connectivity index (χ4n) is 22.4. The van der Waals surface area contributed by atoms with Gasteiger partial charge in [-0.25, -0.2) is 0 Å². The minimum Gasteiger partial charge on any atom is -0.322 e. The number of nitrogens with zero attached hydrogens (tertiary/aromatic N) is 10. The third-order valence-electron chi connectivity index (χ3n) is 28.6. The van der Waals surface area contributed by atoms with E-state index in [0.29, 0.717) is 11.8 Å². The molecule has 5 unspecified atom stereocenters. The van der Waals surface area contributed by atoms with Crippen LogP contribution in [0.5, 0.6) is 0 Å². The van der Waals surface area contributed by atoms with Crippen LogP contribution in [0.4, 0.5) is 56.9 Å². The number of para-hydroxylation sites is 10. The van der Waals surface area contributed by atoms with Gasteiger partial charge in [0.25, 0.3) is 0 Å². The molecule has 5 atom stereocenters. The summed E-state index contributed by atoms with van der Waals surface area (Å²) in [5.41, 5.74) is 35.0. The zero-order chi connectivity index (χ0) is 96.0. The third kappa shape index (κ3) is 23.4. The molecule has 0 radical (unpaired) electrons. The van der Waals surface area contributed by atoms with Crippen molar-refractivity contribution in [1.82, 2.24) is 0 Å². The van der Waals surface area contributed by atoms with Crippen molar-refractivity contribution < 1.29 is 0 Å². The lowest BCUT2D eigenvalue weighted by atomic mass is 9.85. The monoisotopic (exact) mass is 1870 g/mol. The Morgan fingerprint density at radius 2 is 0.360 bits per heavy atom. The maximum atomic E-state index is 2.68. The molecule has 742 valence electrons. The Morgan fingerprint density at radius 1 is 0.180 bits per heavy atom. The van der Waals surface area contributed by atoms with Crippen molar-refractivity contribution in [2.45, 2.75) is 313 Å². The van der Waals surface area contributed by atoms with Gasteiger partial charge in [0.1, 0.15) is 30.8 Å². The highest BCUT2D eigenvalue weighted by Gasteiger charge is 2.52. The van der Waals surface area contributed by atoms with E-state index in [-0.39, 0.29) is 95.0 Å². The van der Waals surface area contributed by atoms with E-state index in [0.717, 1.165) is 0 Å². The molecule has 11 aromatic carbocycles. The van der Waals surface area contributed by atoms with Gasteiger partial charge in [-0.15, -0.1) is 0 Å². The van der Waals surface area contributed by atoms with Crippen LogP contribution in [0.15, 0.2) is 355 Å². The van der Waals surface area contributed by atoms with Crippen LogP contribution < -0.4 is 49.0 Å². The fourth-order valence-corrected chi connectivity index (χ4v) is 22.4. The number of benzene rings is 11. The molecule has 7 aliphatic rings. The van der Waals surface area contributed by atoms with E-state index in [1.165, 1.54) is 194 Å². The SMILES string of the molecule is C.C.C.C.C.CC1=C(C)N(c2ccccc2C)C(C(C)(C)C)N1c1ccccc1.CC1=C(C)N(c2ccccc2C)C(C(C)(C)C)N1c1ccccc1.CC1=C(C2CCCC2)N(c2ccccc2)C(C(C)(C)C)N1c1ccccc1C.CC1=C(C2CCCCC2)N(c2ccccc2)C(C(C)(C)C)N1c1ccccc1C.CC1=C(c2ccccc2)N(c2ccccc2)C(C(C)(C)C)N1c1ccccc1C. The van der Waals surface area contributed by atoms with E-state index in [2.05, 4.69) is 539 Å². The molecular formula is C129H176N10. The van der Waals surface area contributed by atoms with Crippen molar-refractivity contribution in [2.24, 2.45) is 38.9 Å². The Kier molecular flexibility index (Phi) is 37.0. The van der Waals surface area contributed by atoms with Crippen molar-refractivity contribution >= 4 is 62.6 Å². The summed E-state index contributed by atoms with van der Waals surface area (Å²) in [4.78, 5) is 25.7. The number of allylic oxidation sites excluding steroid dienone is 9. The zero-order valence-electron chi connectivity index (χ0n) is 86.2. The average molecular weight is 1870 g/mol. The number of anilines is 10. The van der Waals surface area contributed by atoms with Crippen molar-refractivity contribution in [3.63, 3.8) is 0 Å². The standard InChI is InChI=1S/C27H36N2.C27H30N2.C26H34N2.2C22H28N2.5CH4/c2*1-20-14-12-13-19-24(20)28-21(2)25(22-15-8-6-9-16-22)29(26(28)27(3,4)5)23-17-10-7-11-18-23;1-19-13-9-12-18-23(19)27-20(2)24(21-14-10-11-15-21)28(25(27)26(3,4)5)22-16-7-6-8-17-22;2*1-16-12-10-11-15-20(16)24-18(3)17(2)23(21(24)22(4,5)6)19-13-8-7-9-14-19;;;;;/h7,10-14,17-19,22,26H,6,8-9,15-16H2,1-5H3;6-19,26H,1-5H3;6-9,12-13,16-18,21,25H,10-11,14-15H2,1-5H3;2*7-15,21H,1-6H3;5*1H4. The largest absolute Gasteiger partial charge is 0.322 e. The smallest absolute Gasteiger partial charge is 0.116 e. The summed E-state index contributed by atoms with van der Waals surface area (Å²) in [6, 6.07) is 109. The Labute approximate surface area is 845 Å². The first-order valence-corrected chi connectivity index (χ1v) is 49.8. The zero-order valence-corrected chi connectivity index (χ0v) is 86.2. The van der Waals surface area contributed by atoms with Crippen LogP contribution in [-0.4, -0.2) is 30.8 Å². The molecule has 10 heteroatoms. The maximum absolute atomic E-state index is 2.68. The Balaban J connectivity index is 0.000000193. The van der Waals surface area contributed by atoms with E-state index in [1.807, 2.05) is 0 Å². The molecule has 0 aromatic heterocycles. The van der Waals surface area contributed by atoms with Gasteiger partial charge in [-0.05, 0) is 233 Å². The van der Waals surface area contributed by atoms with Gasteiger partial charge < -0.3 is 49.0 Å². The lowest BCUT2D eigenvalue weighted by Crippen LogP contribution is -2.50. The second kappa shape index (κ2) is 46.5. The van der Waals surface area contributed by atoms with Gasteiger partial charge in [0.05, 0.1) is 5.70 Å². The highest BCUT2D eigenvalue weighted by atomic mass is 15.5. The Morgan fingerprint density at radius 3 is 0.604 bits per heavy atom. The summed E-state index contributed by atoms with van der Waals surface area (Å²) in [5, 5.41) is 0. The molecule has 0 bridgehead atoms. The highest BCUT2D eigenvalue weighted by Crippen LogP contribution is 2.55. The van der Waals surface area contributed by atoms with Gasteiger partial charge >= 0.3 is 0 Å². The van der Waals surface area contributed by atoms with Crippen LogP contribution in [0.25, 0.3) is 5.70 Å². The first-order chi connectivity index (χ1) is 63.8. The van der Waals surface area contributed by atoms with Crippen LogP contribution in [0.3, 0.4) is 0 Å².